The molecule has 0 saturated carbocycles. The fourth-order valence-corrected chi connectivity index (χ4v) is 2.30. The lowest BCUT2D eigenvalue weighted by atomic mass is 9.91. The molecule has 0 amide bonds. The maximum atomic E-state index is 10.5. The standard InChI is InChI=1S/C15H23NO2/c1-3-8-16-9-7-15(2,17)13-4-5-14-12(11-13)6-10-18-14/h4-5,11,16-17H,3,6-10H2,1-2H3. The lowest BCUT2D eigenvalue weighted by Crippen LogP contribution is -2.28. The predicted octanol–water partition coefficient (Wildman–Crippen LogP) is 2.22. The van der Waals surface area contributed by atoms with Gasteiger partial charge in [-0.3, -0.25) is 0 Å². The van der Waals surface area contributed by atoms with Gasteiger partial charge in [0.15, 0.2) is 0 Å². The summed E-state index contributed by atoms with van der Waals surface area (Å²) in [5.74, 6) is 0.971. The van der Waals surface area contributed by atoms with Crippen LogP contribution >= 0.6 is 0 Å². The molecule has 0 radical (unpaired) electrons. The van der Waals surface area contributed by atoms with Crippen LogP contribution in [0.25, 0.3) is 0 Å². The molecule has 1 aromatic carbocycles. The van der Waals surface area contributed by atoms with Gasteiger partial charge in [0.25, 0.3) is 0 Å². The molecule has 3 nitrogen and oxygen atoms in total. The van der Waals surface area contributed by atoms with Crippen LogP contribution in [0.5, 0.6) is 5.75 Å². The van der Waals surface area contributed by atoms with Crippen molar-refractivity contribution in [1.82, 2.24) is 5.32 Å². The van der Waals surface area contributed by atoms with Crippen molar-refractivity contribution in [3.05, 3.63) is 29.3 Å². The molecule has 3 heteroatoms. The van der Waals surface area contributed by atoms with Crippen LogP contribution in [0.3, 0.4) is 0 Å². The van der Waals surface area contributed by atoms with Gasteiger partial charge in [0.05, 0.1) is 12.2 Å². The fourth-order valence-electron chi connectivity index (χ4n) is 2.30. The van der Waals surface area contributed by atoms with Gasteiger partial charge in [0.1, 0.15) is 5.75 Å². The van der Waals surface area contributed by atoms with E-state index in [1.54, 1.807) is 0 Å². The Morgan fingerprint density at radius 2 is 2.22 bits per heavy atom. The third-order valence-electron chi connectivity index (χ3n) is 3.53. The van der Waals surface area contributed by atoms with Gasteiger partial charge < -0.3 is 15.2 Å². The number of nitrogens with one attached hydrogen (secondary N) is 1. The molecule has 0 fully saturated rings. The van der Waals surface area contributed by atoms with E-state index in [2.05, 4.69) is 18.3 Å². The van der Waals surface area contributed by atoms with E-state index in [0.29, 0.717) is 0 Å². The Balaban J connectivity index is 2.00. The van der Waals surface area contributed by atoms with Crippen LogP contribution in [0.1, 0.15) is 37.8 Å². The molecule has 1 aliphatic rings. The summed E-state index contributed by atoms with van der Waals surface area (Å²) in [4.78, 5) is 0. The Morgan fingerprint density at radius 3 is 3.00 bits per heavy atom. The van der Waals surface area contributed by atoms with E-state index in [9.17, 15) is 5.11 Å². The summed E-state index contributed by atoms with van der Waals surface area (Å²) in [6.45, 7) is 6.64. The lowest BCUT2D eigenvalue weighted by molar-refractivity contribution is 0.0480. The van der Waals surface area contributed by atoms with Crippen molar-refractivity contribution in [1.29, 1.82) is 0 Å². The van der Waals surface area contributed by atoms with Gasteiger partial charge in [-0.15, -0.1) is 0 Å². The quantitative estimate of drug-likeness (QED) is 0.760. The van der Waals surface area contributed by atoms with Crippen molar-refractivity contribution in [2.45, 2.75) is 38.7 Å². The zero-order chi connectivity index (χ0) is 13.0. The van der Waals surface area contributed by atoms with Crippen molar-refractivity contribution < 1.29 is 9.84 Å². The number of fused-ring (bicyclic) bond motifs is 1. The van der Waals surface area contributed by atoms with Crippen molar-refractivity contribution in [3.8, 4) is 5.75 Å². The molecule has 18 heavy (non-hydrogen) atoms. The summed E-state index contributed by atoms with van der Waals surface area (Å²) < 4.78 is 5.49. The molecule has 2 N–H and O–H groups in total. The smallest absolute Gasteiger partial charge is 0.122 e. The average molecular weight is 249 g/mol. The molecule has 0 saturated heterocycles. The van der Waals surface area contributed by atoms with Crippen molar-refractivity contribution in [2.24, 2.45) is 0 Å². The molecule has 100 valence electrons. The molecule has 0 bridgehead atoms. The zero-order valence-electron chi connectivity index (χ0n) is 11.3. The fraction of sp³-hybridized carbons (Fsp3) is 0.600. The first-order chi connectivity index (χ1) is 8.63. The zero-order valence-corrected chi connectivity index (χ0v) is 11.3. The molecule has 0 spiro atoms. The number of hydrogen-bond donors (Lipinski definition) is 2. The highest BCUT2D eigenvalue weighted by molar-refractivity contribution is 5.41. The van der Waals surface area contributed by atoms with Crippen LogP contribution in [0.4, 0.5) is 0 Å². The Labute approximate surface area is 109 Å². The molecule has 1 aliphatic heterocycles. The number of hydrogen-bond acceptors (Lipinski definition) is 3. The second kappa shape index (κ2) is 5.72. The van der Waals surface area contributed by atoms with E-state index in [1.165, 1.54) is 5.56 Å². The van der Waals surface area contributed by atoms with Crippen LogP contribution in [0.2, 0.25) is 0 Å². The van der Waals surface area contributed by atoms with E-state index in [0.717, 1.165) is 50.3 Å². The highest BCUT2D eigenvalue weighted by atomic mass is 16.5. The highest BCUT2D eigenvalue weighted by Crippen LogP contribution is 2.31. The summed E-state index contributed by atoms with van der Waals surface area (Å²) in [6.07, 6.45) is 2.80. The van der Waals surface area contributed by atoms with E-state index in [1.807, 2.05) is 19.1 Å². The molecule has 1 unspecified atom stereocenters. The Kier molecular flexibility index (Phi) is 4.25. The van der Waals surface area contributed by atoms with Crippen LogP contribution < -0.4 is 10.1 Å². The molecule has 1 aromatic rings. The topological polar surface area (TPSA) is 41.5 Å². The third kappa shape index (κ3) is 3.03. The monoisotopic (exact) mass is 249 g/mol. The minimum absolute atomic E-state index is 0.729. The molecule has 1 heterocycles. The van der Waals surface area contributed by atoms with Gasteiger partial charge in [-0.25, -0.2) is 0 Å². The first kappa shape index (κ1) is 13.4. The van der Waals surface area contributed by atoms with Gasteiger partial charge in [-0.2, -0.15) is 0 Å². The first-order valence-electron chi connectivity index (χ1n) is 6.83. The molecular formula is C15H23NO2. The maximum Gasteiger partial charge on any atom is 0.122 e. The average Bonchev–Trinajstić information content (AvgIpc) is 2.82. The van der Waals surface area contributed by atoms with Crippen molar-refractivity contribution in [2.75, 3.05) is 19.7 Å². The van der Waals surface area contributed by atoms with Gasteiger partial charge in [-0.1, -0.05) is 13.0 Å². The molecular weight excluding hydrogens is 226 g/mol. The SMILES string of the molecule is CCCNCCC(C)(O)c1ccc2c(c1)CCO2. The lowest BCUT2D eigenvalue weighted by Gasteiger charge is -2.24. The Bertz CT molecular complexity index is 401. The maximum absolute atomic E-state index is 10.5. The summed E-state index contributed by atoms with van der Waals surface area (Å²) >= 11 is 0. The van der Waals surface area contributed by atoms with E-state index < -0.39 is 5.60 Å². The second-order valence-corrected chi connectivity index (χ2v) is 5.19. The summed E-state index contributed by atoms with van der Waals surface area (Å²) in [5, 5.41) is 13.9. The van der Waals surface area contributed by atoms with Crippen molar-refractivity contribution >= 4 is 0 Å². The first-order valence-corrected chi connectivity index (χ1v) is 6.83. The summed E-state index contributed by atoms with van der Waals surface area (Å²) in [7, 11) is 0. The molecule has 0 aliphatic carbocycles. The highest BCUT2D eigenvalue weighted by Gasteiger charge is 2.24. The Morgan fingerprint density at radius 1 is 1.39 bits per heavy atom. The summed E-state index contributed by atoms with van der Waals surface area (Å²) in [6, 6.07) is 6.04. The predicted molar refractivity (Wildman–Crippen MR) is 73.0 cm³/mol. The normalized spacial score (nSPS) is 17.1. The minimum atomic E-state index is -0.766. The summed E-state index contributed by atoms with van der Waals surface area (Å²) in [5.41, 5.74) is 1.44. The third-order valence-corrected chi connectivity index (χ3v) is 3.53. The number of benzene rings is 1. The Hall–Kier alpha value is -1.06. The van der Waals surface area contributed by atoms with Gasteiger partial charge in [0, 0.05) is 6.42 Å². The van der Waals surface area contributed by atoms with Crippen LogP contribution in [-0.2, 0) is 12.0 Å². The van der Waals surface area contributed by atoms with Crippen LogP contribution in [0, 0.1) is 0 Å². The van der Waals surface area contributed by atoms with Crippen LogP contribution in [0.15, 0.2) is 18.2 Å². The largest absolute Gasteiger partial charge is 0.493 e. The number of rotatable bonds is 6. The minimum Gasteiger partial charge on any atom is -0.493 e. The van der Waals surface area contributed by atoms with Gasteiger partial charge in [0.2, 0.25) is 0 Å². The molecule has 1 atom stereocenters. The molecule has 2 rings (SSSR count). The van der Waals surface area contributed by atoms with Gasteiger partial charge in [-0.05, 0) is 56.1 Å². The molecule has 0 aromatic heterocycles. The van der Waals surface area contributed by atoms with Crippen molar-refractivity contribution in [3.63, 3.8) is 0 Å². The second-order valence-electron chi connectivity index (χ2n) is 5.19. The van der Waals surface area contributed by atoms with E-state index >= 15 is 0 Å². The van der Waals surface area contributed by atoms with E-state index in [-0.39, 0.29) is 0 Å². The van der Waals surface area contributed by atoms with Crippen LogP contribution in [-0.4, -0.2) is 24.8 Å². The van der Waals surface area contributed by atoms with Gasteiger partial charge >= 0.3 is 0 Å². The number of ether oxygens (including phenoxy) is 1. The number of aliphatic hydroxyl groups is 1. The van der Waals surface area contributed by atoms with E-state index in [4.69, 9.17) is 4.74 Å².